The van der Waals surface area contributed by atoms with Gasteiger partial charge in [0.15, 0.2) is 10.7 Å². The average Bonchev–Trinajstić information content (AvgIpc) is 3.00. The molecule has 0 radical (unpaired) electrons. The molecule has 2 aromatic heterocycles. The van der Waals surface area contributed by atoms with Crippen LogP contribution in [0, 0.1) is 5.82 Å². The summed E-state index contributed by atoms with van der Waals surface area (Å²) < 4.78 is 19.5. The molecule has 20 heavy (non-hydrogen) atoms. The van der Waals surface area contributed by atoms with Crippen molar-refractivity contribution in [3.05, 3.63) is 48.3 Å². The molecule has 4 nitrogen and oxygen atoms in total. The van der Waals surface area contributed by atoms with Gasteiger partial charge in [-0.15, -0.1) is 0 Å². The second kappa shape index (κ2) is 4.28. The van der Waals surface area contributed by atoms with E-state index in [9.17, 15) is 4.39 Å². The van der Waals surface area contributed by atoms with Gasteiger partial charge in [0, 0.05) is 0 Å². The Hall–Kier alpha value is -2.47. The molecule has 2 aromatic carbocycles. The lowest BCUT2D eigenvalue weighted by Crippen LogP contribution is -1.88. The molecule has 0 atom stereocenters. The van der Waals surface area contributed by atoms with E-state index < -0.39 is 0 Å². The second-order valence-electron chi connectivity index (χ2n) is 4.24. The first-order valence-corrected chi connectivity index (χ1v) is 6.78. The highest BCUT2D eigenvalue weighted by molar-refractivity contribution is 7.22. The van der Waals surface area contributed by atoms with Crippen LogP contribution in [0.5, 0.6) is 0 Å². The number of thiazole rings is 1. The van der Waals surface area contributed by atoms with Gasteiger partial charge in [-0.3, -0.25) is 5.32 Å². The lowest BCUT2D eigenvalue weighted by Gasteiger charge is -1.92. The Morgan fingerprint density at radius 1 is 1.05 bits per heavy atom. The van der Waals surface area contributed by atoms with Crippen LogP contribution >= 0.6 is 11.3 Å². The van der Waals surface area contributed by atoms with Gasteiger partial charge in [-0.1, -0.05) is 23.5 Å². The van der Waals surface area contributed by atoms with Gasteiger partial charge in [0.2, 0.25) is 0 Å². The maximum Gasteiger partial charge on any atom is 0.302 e. The van der Waals surface area contributed by atoms with Crippen molar-refractivity contribution in [2.45, 2.75) is 0 Å². The van der Waals surface area contributed by atoms with Gasteiger partial charge < -0.3 is 4.42 Å². The number of oxazole rings is 1. The summed E-state index contributed by atoms with van der Waals surface area (Å²) in [7, 11) is 0. The Kier molecular flexibility index (Phi) is 2.43. The minimum Gasteiger partial charge on any atom is -0.423 e. The number of nitrogens with zero attached hydrogens (tertiary/aromatic N) is 2. The van der Waals surface area contributed by atoms with Gasteiger partial charge >= 0.3 is 6.01 Å². The number of fused-ring (bicyclic) bond motifs is 2. The maximum atomic E-state index is 13.1. The highest BCUT2D eigenvalue weighted by Crippen LogP contribution is 2.29. The van der Waals surface area contributed by atoms with Gasteiger partial charge in [0.05, 0.1) is 10.2 Å². The molecule has 0 aliphatic carbocycles. The zero-order chi connectivity index (χ0) is 13.5. The molecular formula is C14H8FN3OS. The highest BCUT2D eigenvalue weighted by atomic mass is 32.1. The summed E-state index contributed by atoms with van der Waals surface area (Å²) in [6, 6.07) is 12.4. The SMILES string of the molecule is Fc1ccc2nc(Nc3nc4ccccc4o3)sc2c1. The molecule has 0 amide bonds. The number of rotatable bonds is 2. The molecule has 0 aliphatic rings. The molecule has 1 N–H and O–H groups in total. The van der Waals surface area contributed by atoms with Crippen LogP contribution in [-0.2, 0) is 0 Å². The van der Waals surface area contributed by atoms with Crippen molar-refractivity contribution in [3.63, 3.8) is 0 Å². The topological polar surface area (TPSA) is 51.0 Å². The number of nitrogens with one attached hydrogen (secondary N) is 1. The fourth-order valence-corrected chi connectivity index (χ4v) is 2.85. The second-order valence-corrected chi connectivity index (χ2v) is 5.27. The summed E-state index contributed by atoms with van der Waals surface area (Å²) in [4.78, 5) is 8.67. The zero-order valence-electron chi connectivity index (χ0n) is 10.1. The van der Waals surface area contributed by atoms with E-state index in [1.54, 1.807) is 6.07 Å². The average molecular weight is 285 g/mol. The van der Waals surface area contributed by atoms with Gasteiger partial charge in [-0.25, -0.2) is 9.37 Å². The molecule has 0 bridgehead atoms. The van der Waals surface area contributed by atoms with Crippen molar-refractivity contribution in [3.8, 4) is 0 Å². The normalized spacial score (nSPS) is 11.2. The Morgan fingerprint density at radius 2 is 1.95 bits per heavy atom. The Labute approximate surface area is 116 Å². The maximum absolute atomic E-state index is 13.1. The van der Waals surface area contributed by atoms with Crippen LogP contribution in [0.3, 0.4) is 0 Å². The summed E-state index contributed by atoms with van der Waals surface area (Å²) in [5, 5.41) is 3.63. The number of aromatic nitrogens is 2. The number of hydrogen-bond donors (Lipinski definition) is 1. The smallest absolute Gasteiger partial charge is 0.302 e. The quantitative estimate of drug-likeness (QED) is 0.596. The van der Waals surface area contributed by atoms with E-state index in [0.29, 0.717) is 16.7 Å². The summed E-state index contributed by atoms with van der Waals surface area (Å²) >= 11 is 1.35. The van der Waals surface area contributed by atoms with Crippen molar-refractivity contribution in [2.75, 3.05) is 5.32 Å². The molecule has 0 fully saturated rings. The van der Waals surface area contributed by atoms with Crippen LogP contribution in [0.2, 0.25) is 0 Å². The van der Waals surface area contributed by atoms with E-state index in [1.807, 2.05) is 24.3 Å². The van der Waals surface area contributed by atoms with Crippen molar-refractivity contribution in [1.82, 2.24) is 9.97 Å². The molecule has 0 saturated heterocycles. The minimum absolute atomic E-state index is 0.269. The predicted molar refractivity (Wildman–Crippen MR) is 76.9 cm³/mol. The Morgan fingerprint density at radius 3 is 2.85 bits per heavy atom. The number of para-hydroxylation sites is 2. The summed E-state index contributed by atoms with van der Waals surface area (Å²) in [5.41, 5.74) is 2.24. The van der Waals surface area contributed by atoms with E-state index in [-0.39, 0.29) is 5.82 Å². The van der Waals surface area contributed by atoms with Crippen LogP contribution in [-0.4, -0.2) is 9.97 Å². The van der Waals surface area contributed by atoms with Crippen molar-refractivity contribution in [2.24, 2.45) is 0 Å². The monoisotopic (exact) mass is 285 g/mol. The molecule has 6 heteroatoms. The van der Waals surface area contributed by atoms with E-state index in [0.717, 1.165) is 15.7 Å². The van der Waals surface area contributed by atoms with Gasteiger partial charge in [-0.2, -0.15) is 4.98 Å². The zero-order valence-corrected chi connectivity index (χ0v) is 10.9. The van der Waals surface area contributed by atoms with Crippen LogP contribution in [0.25, 0.3) is 21.3 Å². The van der Waals surface area contributed by atoms with E-state index in [4.69, 9.17) is 4.42 Å². The molecule has 4 aromatic rings. The molecule has 0 saturated carbocycles. The highest BCUT2D eigenvalue weighted by Gasteiger charge is 2.09. The van der Waals surface area contributed by atoms with Crippen LogP contribution < -0.4 is 5.32 Å². The third kappa shape index (κ3) is 1.90. The molecular weight excluding hydrogens is 277 g/mol. The number of anilines is 2. The molecule has 0 aliphatic heterocycles. The summed E-state index contributed by atoms with van der Waals surface area (Å²) in [6.07, 6.45) is 0. The van der Waals surface area contributed by atoms with Gasteiger partial charge in [0.25, 0.3) is 0 Å². The predicted octanol–water partition coefficient (Wildman–Crippen LogP) is 4.32. The lowest BCUT2D eigenvalue weighted by atomic mass is 10.3. The fourth-order valence-electron chi connectivity index (χ4n) is 1.97. The van der Waals surface area contributed by atoms with E-state index in [1.165, 1.54) is 23.5 Å². The van der Waals surface area contributed by atoms with Crippen LogP contribution in [0.4, 0.5) is 15.5 Å². The third-order valence-corrected chi connectivity index (χ3v) is 3.79. The number of halogens is 1. The van der Waals surface area contributed by atoms with Crippen molar-refractivity contribution < 1.29 is 8.81 Å². The molecule has 4 rings (SSSR count). The third-order valence-electron chi connectivity index (χ3n) is 2.86. The Bertz CT molecular complexity index is 882. The molecule has 98 valence electrons. The molecule has 0 unspecified atom stereocenters. The lowest BCUT2D eigenvalue weighted by molar-refractivity contribution is 0.623. The Balaban J connectivity index is 1.72. The first kappa shape index (κ1) is 11.4. The number of hydrogen-bond acceptors (Lipinski definition) is 5. The molecule has 2 heterocycles. The van der Waals surface area contributed by atoms with E-state index >= 15 is 0 Å². The molecule has 0 spiro atoms. The van der Waals surface area contributed by atoms with E-state index in [2.05, 4.69) is 15.3 Å². The minimum atomic E-state index is -0.269. The van der Waals surface area contributed by atoms with Crippen LogP contribution in [0.1, 0.15) is 0 Å². The van der Waals surface area contributed by atoms with Crippen LogP contribution in [0.15, 0.2) is 46.9 Å². The standard InChI is InChI=1S/C14H8FN3OS/c15-8-5-6-10-12(7-8)20-14(17-10)18-13-16-9-3-1-2-4-11(9)19-13/h1-7H,(H,16,17,18). The first-order valence-electron chi connectivity index (χ1n) is 5.97. The summed E-state index contributed by atoms with van der Waals surface area (Å²) in [5.74, 6) is -0.269. The number of benzene rings is 2. The largest absolute Gasteiger partial charge is 0.423 e. The first-order chi connectivity index (χ1) is 9.78. The van der Waals surface area contributed by atoms with Gasteiger partial charge in [0.1, 0.15) is 11.3 Å². The summed E-state index contributed by atoms with van der Waals surface area (Å²) in [6.45, 7) is 0. The fraction of sp³-hybridized carbons (Fsp3) is 0. The van der Waals surface area contributed by atoms with Crippen molar-refractivity contribution in [1.29, 1.82) is 0 Å². The van der Waals surface area contributed by atoms with Crippen molar-refractivity contribution >= 4 is 43.8 Å². The van der Waals surface area contributed by atoms with Gasteiger partial charge in [-0.05, 0) is 30.3 Å².